The molecule has 0 bridgehead atoms. The predicted octanol–water partition coefficient (Wildman–Crippen LogP) is 2.38. The van der Waals surface area contributed by atoms with E-state index in [9.17, 15) is 0 Å². The van der Waals surface area contributed by atoms with E-state index in [-0.39, 0.29) is 0 Å². The minimum atomic E-state index is 0.461. The fraction of sp³-hybridized carbons (Fsp3) is 1.00. The van der Waals surface area contributed by atoms with Crippen molar-refractivity contribution in [1.29, 1.82) is 0 Å². The zero-order chi connectivity index (χ0) is 10.7. The van der Waals surface area contributed by atoms with E-state index in [1.807, 2.05) is 0 Å². The van der Waals surface area contributed by atoms with Crippen molar-refractivity contribution in [2.75, 3.05) is 13.1 Å². The highest BCUT2D eigenvalue weighted by Crippen LogP contribution is 2.28. The smallest absolute Gasteiger partial charge is 0.00816 e. The Morgan fingerprint density at radius 3 is 2.60 bits per heavy atom. The van der Waals surface area contributed by atoms with Gasteiger partial charge in [0.1, 0.15) is 0 Å². The summed E-state index contributed by atoms with van der Waals surface area (Å²) in [5, 5.41) is 0. The zero-order valence-electron chi connectivity index (χ0n) is 10.1. The molecule has 2 aliphatic rings. The van der Waals surface area contributed by atoms with Crippen LogP contribution in [0.25, 0.3) is 0 Å². The molecule has 1 aliphatic heterocycles. The summed E-state index contributed by atoms with van der Waals surface area (Å²) in [7, 11) is 0. The van der Waals surface area contributed by atoms with Gasteiger partial charge in [-0.1, -0.05) is 25.7 Å². The predicted molar refractivity (Wildman–Crippen MR) is 64.8 cm³/mol. The van der Waals surface area contributed by atoms with Gasteiger partial charge in [0.25, 0.3) is 0 Å². The van der Waals surface area contributed by atoms with Crippen LogP contribution in [-0.2, 0) is 0 Å². The first-order chi connectivity index (χ1) is 7.25. The van der Waals surface area contributed by atoms with Crippen molar-refractivity contribution in [2.24, 2.45) is 11.7 Å². The summed E-state index contributed by atoms with van der Waals surface area (Å²) in [4.78, 5) is 2.65. The van der Waals surface area contributed by atoms with E-state index in [1.54, 1.807) is 0 Å². The zero-order valence-corrected chi connectivity index (χ0v) is 10.1. The second-order valence-electron chi connectivity index (χ2n) is 5.61. The lowest BCUT2D eigenvalue weighted by Gasteiger charge is -2.36. The van der Waals surface area contributed by atoms with Crippen LogP contribution in [0.1, 0.15) is 51.9 Å². The highest BCUT2D eigenvalue weighted by molar-refractivity contribution is 4.81. The summed E-state index contributed by atoms with van der Waals surface area (Å²) in [6.07, 6.45) is 9.76. The molecule has 0 aromatic rings. The third-order valence-electron chi connectivity index (χ3n) is 4.35. The number of rotatable bonds is 3. The van der Waals surface area contributed by atoms with Gasteiger partial charge in [-0.3, -0.25) is 0 Å². The Balaban J connectivity index is 1.69. The second kappa shape index (κ2) is 5.31. The van der Waals surface area contributed by atoms with Crippen molar-refractivity contribution >= 4 is 0 Å². The number of nitrogens with zero attached hydrogens (tertiary/aromatic N) is 1. The van der Waals surface area contributed by atoms with Crippen molar-refractivity contribution in [1.82, 2.24) is 4.90 Å². The summed E-state index contributed by atoms with van der Waals surface area (Å²) in [6, 6.07) is 1.18. The van der Waals surface area contributed by atoms with Crippen LogP contribution in [0.5, 0.6) is 0 Å². The van der Waals surface area contributed by atoms with Gasteiger partial charge in [0.2, 0.25) is 0 Å². The average molecular weight is 210 g/mol. The van der Waals surface area contributed by atoms with E-state index >= 15 is 0 Å². The average Bonchev–Trinajstić information content (AvgIpc) is 2.69. The van der Waals surface area contributed by atoms with Gasteiger partial charge in [-0.2, -0.15) is 0 Å². The number of hydrogen-bond acceptors (Lipinski definition) is 2. The first-order valence-corrected chi connectivity index (χ1v) is 6.75. The molecular weight excluding hydrogens is 184 g/mol. The Bertz CT molecular complexity index is 187. The molecule has 1 heterocycles. The molecule has 0 spiro atoms. The molecule has 15 heavy (non-hydrogen) atoms. The maximum absolute atomic E-state index is 5.98. The quantitative estimate of drug-likeness (QED) is 0.775. The van der Waals surface area contributed by atoms with Gasteiger partial charge in [0.05, 0.1) is 0 Å². The third-order valence-corrected chi connectivity index (χ3v) is 4.35. The second-order valence-corrected chi connectivity index (χ2v) is 5.61. The Labute approximate surface area is 94.2 Å². The molecule has 2 rings (SSSR count). The SMILES string of the molecule is CC1CC(N)CCN1CCC1CCCC1. The van der Waals surface area contributed by atoms with E-state index in [2.05, 4.69) is 11.8 Å². The summed E-state index contributed by atoms with van der Waals surface area (Å²) < 4.78 is 0. The maximum atomic E-state index is 5.98. The van der Waals surface area contributed by atoms with Gasteiger partial charge >= 0.3 is 0 Å². The molecule has 2 fully saturated rings. The fourth-order valence-corrected chi connectivity index (χ4v) is 3.24. The van der Waals surface area contributed by atoms with E-state index in [1.165, 1.54) is 58.0 Å². The van der Waals surface area contributed by atoms with Crippen LogP contribution >= 0.6 is 0 Å². The lowest BCUT2D eigenvalue weighted by molar-refractivity contribution is 0.139. The van der Waals surface area contributed by atoms with Crippen LogP contribution in [0.2, 0.25) is 0 Å². The van der Waals surface area contributed by atoms with E-state index in [0.717, 1.165) is 12.0 Å². The Morgan fingerprint density at radius 1 is 1.20 bits per heavy atom. The summed E-state index contributed by atoms with van der Waals surface area (Å²) >= 11 is 0. The monoisotopic (exact) mass is 210 g/mol. The Hall–Kier alpha value is -0.0800. The minimum Gasteiger partial charge on any atom is -0.328 e. The first-order valence-electron chi connectivity index (χ1n) is 6.75. The van der Waals surface area contributed by atoms with Crippen LogP contribution in [0.4, 0.5) is 0 Å². The molecule has 0 amide bonds. The van der Waals surface area contributed by atoms with Crippen LogP contribution < -0.4 is 5.73 Å². The molecule has 1 aliphatic carbocycles. The lowest BCUT2D eigenvalue weighted by Crippen LogP contribution is -2.46. The van der Waals surface area contributed by atoms with Gasteiger partial charge in [0, 0.05) is 12.1 Å². The summed E-state index contributed by atoms with van der Waals surface area (Å²) in [5.41, 5.74) is 5.98. The molecule has 2 atom stereocenters. The van der Waals surface area contributed by atoms with E-state index < -0.39 is 0 Å². The van der Waals surface area contributed by atoms with Gasteiger partial charge in [-0.25, -0.2) is 0 Å². The summed E-state index contributed by atoms with van der Waals surface area (Å²) in [6.45, 7) is 4.89. The van der Waals surface area contributed by atoms with Crippen LogP contribution in [-0.4, -0.2) is 30.1 Å². The number of piperidine rings is 1. The molecule has 0 radical (unpaired) electrons. The summed E-state index contributed by atoms with van der Waals surface area (Å²) in [5.74, 6) is 1.03. The number of likely N-dealkylation sites (tertiary alicyclic amines) is 1. The van der Waals surface area contributed by atoms with Crippen LogP contribution in [0.15, 0.2) is 0 Å². The molecular formula is C13H26N2. The standard InChI is InChI=1S/C13H26N2/c1-11-10-13(14)7-9-15(11)8-6-12-4-2-3-5-12/h11-13H,2-10,14H2,1H3. The van der Waals surface area contributed by atoms with Crippen LogP contribution in [0.3, 0.4) is 0 Å². The molecule has 0 aromatic carbocycles. The molecule has 1 saturated heterocycles. The van der Waals surface area contributed by atoms with E-state index in [4.69, 9.17) is 5.73 Å². The molecule has 88 valence electrons. The fourth-order valence-electron chi connectivity index (χ4n) is 3.24. The van der Waals surface area contributed by atoms with Gasteiger partial charge < -0.3 is 10.6 Å². The van der Waals surface area contributed by atoms with Gasteiger partial charge in [0.15, 0.2) is 0 Å². The molecule has 2 nitrogen and oxygen atoms in total. The normalized spacial score (nSPS) is 34.8. The minimum absolute atomic E-state index is 0.461. The molecule has 2 heteroatoms. The molecule has 2 unspecified atom stereocenters. The van der Waals surface area contributed by atoms with Crippen LogP contribution in [0, 0.1) is 5.92 Å². The van der Waals surface area contributed by atoms with Crippen molar-refractivity contribution in [3.05, 3.63) is 0 Å². The van der Waals surface area contributed by atoms with Crippen molar-refractivity contribution in [2.45, 2.75) is 64.0 Å². The van der Waals surface area contributed by atoms with Gasteiger partial charge in [-0.15, -0.1) is 0 Å². The Morgan fingerprint density at radius 2 is 1.93 bits per heavy atom. The molecule has 0 aromatic heterocycles. The van der Waals surface area contributed by atoms with Crippen molar-refractivity contribution in [3.8, 4) is 0 Å². The van der Waals surface area contributed by atoms with Gasteiger partial charge in [-0.05, 0) is 45.2 Å². The highest BCUT2D eigenvalue weighted by Gasteiger charge is 2.24. The first kappa shape index (κ1) is 11.4. The molecule has 1 saturated carbocycles. The van der Waals surface area contributed by atoms with E-state index in [0.29, 0.717) is 6.04 Å². The van der Waals surface area contributed by atoms with Crippen molar-refractivity contribution in [3.63, 3.8) is 0 Å². The lowest BCUT2D eigenvalue weighted by atomic mass is 9.97. The van der Waals surface area contributed by atoms with Crippen molar-refractivity contribution < 1.29 is 0 Å². The number of hydrogen-bond donors (Lipinski definition) is 1. The number of nitrogens with two attached hydrogens (primary N) is 1. The maximum Gasteiger partial charge on any atom is 0.00816 e. The molecule has 2 N–H and O–H groups in total. The third kappa shape index (κ3) is 3.18. The highest BCUT2D eigenvalue weighted by atomic mass is 15.2. The largest absolute Gasteiger partial charge is 0.328 e. The topological polar surface area (TPSA) is 29.3 Å². The Kier molecular flexibility index (Phi) is 4.04.